The third-order valence-electron chi connectivity index (χ3n) is 5.43. The number of quaternary nitrogens is 1. The Labute approximate surface area is 150 Å². The van der Waals surface area contributed by atoms with Crippen LogP contribution in [-0.2, 0) is 24.3 Å². The number of rotatable bonds is 2. The molecule has 6 nitrogen and oxygen atoms in total. The first-order valence-corrected chi connectivity index (χ1v) is 9.96. The van der Waals surface area contributed by atoms with E-state index in [1.807, 2.05) is 11.4 Å². The molecule has 5 rings (SSSR count). The van der Waals surface area contributed by atoms with Crippen LogP contribution in [0.1, 0.15) is 48.8 Å². The van der Waals surface area contributed by atoms with Gasteiger partial charge in [0, 0.05) is 24.1 Å². The van der Waals surface area contributed by atoms with Crippen LogP contribution in [-0.4, -0.2) is 38.3 Å². The maximum absolute atomic E-state index is 5.99. The zero-order chi connectivity index (χ0) is 17.2. The standard InChI is InChI=1S/C18H23N5OS/c1-11-19-17-15(12-8-18(2,3)24-10-13(12)25-17)16-20-14(21-23(11)16)9-22-6-4-5-7-22/h4-10H2,1-3H3/p+1. The fourth-order valence-electron chi connectivity index (χ4n) is 4.14. The van der Waals surface area contributed by atoms with Crippen LogP contribution in [0.2, 0.25) is 0 Å². The number of thiophene rings is 1. The number of aryl methyl sites for hydroxylation is 1. The minimum Gasteiger partial charge on any atom is -0.370 e. The molecule has 5 heterocycles. The van der Waals surface area contributed by atoms with Crippen molar-refractivity contribution in [1.82, 2.24) is 19.6 Å². The van der Waals surface area contributed by atoms with Crippen LogP contribution < -0.4 is 4.90 Å². The molecule has 1 saturated heterocycles. The van der Waals surface area contributed by atoms with Gasteiger partial charge < -0.3 is 9.64 Å². The second kappa shape index (κ2) is 5.46. The second-order valence-corrected chi connectivity index (χ2v) is 9.05. The molecule has 132 valence electrons. The quantitative estimate of drug-likeness (QED) is 0.757. The summed E-state index contributed by atoms with van der Waals surface area (Å²) in [5, 5.41) is 5.98. The Morgan fingerprint density at radius 2 is 2.04 bits per heavy atom. The van der Waals surface area contributed by atoms with Crippen molar-refractivity contribution >= 4 is 27.2 Å². The number of hydrogen-bond donors (Lipinski definition) is 1. The molecule has 1 N–H and O–H groups in total. The number of nitrogens with one attached hydrogen (secondary N) is 1. The third-order valence-corrected chi connectivity index (χ3v) is 6.53. The smallest absolute Gasteiger partial charge is 0.206 e. The lowest BCUT2D eigenvalue weighted by Crippen LogP contribution is -3.08. The zero-order valence-electron chi connectivity index (χ0n) is 15.1. The fourth-order valence-corrected chi connectivity index (χ4v) is 5.28. The summed E-state index contributed by atoms with van der Waals surface area (Å²) >= 11 is 1.75. The minimum absolute atomic E-state index is 0.134. The van der Waals surface area contributed by atoms with Gasteiger partial charge in [0.05, 0.1) is 30.7 Å². The van der Waals surface area contributed by atoms with Gasteiger partial charge in [0.25, 0.3) is 0 Å². The van der Waals surface area contributed by atoms with E-state index in [1.165, 1.54) is 41.8 Å². The van der Waals surface area contributed by atoms with Crippen molar-refractivity contribution < 1.29 is 9.64 Å². The molecule has 0 aromatic carbocycles. The second-order valence-electron chi connectivity index (χ2n) is 7.97. The van der Waals surface area contributed by atoms with Gasteiger partial charge in [-0.05, 0) is 26.3 Å². The molecule has 3 aromatic rings. The summed E-state index contributed by atoms with van der Waals surface area (Å²) in [5.41, 5.74) is 2.21. The third kappa shape index (κ3) is 2.56. The topological polar surface area (TPSA) is 56.8 Å². The molecule has 3 aromatic heterocycles. The number of likely N-dealkylation sites (tertiary alicyclic amines) is 1. The highest BCUT2D eigenvalue weighted by atomic mass is 32.1. The van der Waals surface area contributed by atoms with Gasteiger partial charge >= 0.3 is 0 Å². The Kier molecular flexibility index (Phi) is 3.42. The van der Waals surface area contributed by atoms with E-state index in [1.54, 1.807) is 16.2 Å². The largest absolute Gasteiger partial charge is 0.370 e. The van der Waals surface area contributed by atoms with Crippen LogP contribution in [0.4, 0.5) is 0 Å². The van der Waals surface area contributed by atoms with Crippen LogP contribution in [0, 0.1) is 6.92 Å². The highest BCUT2D eigenvalue weighted by Crippen LogP contribution is 2.39. The molecule has 0 unspecified atom stereocenters. The van der Waals surface area contributed by atoms with Gasteiger partial charge in [-0.15, -0.1) is 16.4 Å². The van der Waals surface area contributed by atoms with Gasteiger partial charge in [-0.1, -0.05) is 0 Å². The van der Waals surface area contributed by atoms with Gasteiger partial charge in [0.1, 0.15) is 17.2 Å². The van der Waals surface area contributed by atoms with E-state index in [2.05, 4.69) is 13.8 Å². The van der Waals surface area contributed by atoms with Crippen molar-refractivity contribution in [3.8, 4) is 0 Å². The summed E-state index contributed by atoms with van der Waals surface area (Å²) in [6, 6.07) is 0. The fraction of sp³-hybridized carbons (Fsp3) is 0.611. The molecule has 2 aliphatic heterocycles. The van der Waals surface area contributed by atoms with Crippen molar-refractivity contribution in [3.63, 3.8) is 0 Å². The number of aromatic nitrogens is 4. The van der Waals surface area contributed by atoms with Crippen LogP contribution >= 0.6 is 11.3 Å². The van der Waals surface area contributed by atoms with Gasteiger partial charge in [-0.25, -0.2) is 9.97 Å². The number of hydrogen-bond acceptors (Lipinski definition) is 5. The minimum atomic E-state index is -0.134. The van der Waals surface area contributed by atoms with E-state index in [0.29, 0.717) is 6.61 Å². The maximum Gasteiger partial charge on any atom is 0.206 e. The Morgan fingerprint density at radius 3 is 2.84 bits per heavy atom. The summed E-state index contributed by atoms with van der Waals surface area (Å²) in [6.45, 7) is 10.4. The van der Waals surface area contributed by atoms with Crippen molar-refractivity contribution in [1.29, 1.82) is 0 Å². The Bertz CT molecular complexity index is 967. The predicted molar refractivity (Wildman–Crippen MR) is 97.1 cm³/mol. The SMILES string of the molecule is Cc1nc2sc3c(c2c2nc(C[NH+]4CCCC4)nn12)CC(C)(C)OC3. The van der Waals surface area contributed by atoms with E-state index < -0.39 is 0 Å². The van der Waals surface area contributed by atoms with E-state index >= 15 is 0 Å². The van der Waals surface area contributed by atoms with Crippen molar-refractivity contribution in [3.05, 3.63) is 22.1 Å². The predicted octanol–water partition coefficient (Wildman–Crippen LogP) is 1.68. The summed E-state index contributed by atoms with van der Waals surface area (Å²) in [6.07, 6.45) is 3.55. The average Bonchev–Trinajstić information content (AvgIpc) is 3.25. The maximum atomic E-state index is 5.99. The van der Waals surface area contributed by atoms with Crippen LogP contribution in [0.15, 0.2) is 0 Å². The van der Waals surface area contributed by atoms with Gasteiger partial charge in [0.15, 0.2) is 5.65 Å². The molecular formula is C18H24N5OS+. The normalized spacial score (nSPS) is 20.6. The first-order chi connectivity index (χ1) is 12.0. The highest BCUT2D eigenvalue weighted by molar-refractivity contribution is 7.19. The summed E-state index contributed by atoms with van der Waals surface area (Å²) < 4.78 is 7.94. The van der Waals surface area contributed by atoms with E-state index in [9.17, 15) is 0 Å². The first-order valence-electron chi connectivity index (χ1n) is 9.14. The highest BCUT2D eigenvalue weighted by Gasteiger charge is 2.31. The molecule has 0 atom stereocenters. The summed E-state index contributed by atoms with van der Waals surface area (Å²) in [7, 11) is 0. The van der Waals surface area contributed by atoms with Gasteiger partial charge in [0.2, 0.25) is 5.82 Å². The molecule has 2 aliphatic rings. The molecule has 0 amide bonds. The number of fused-ring (bicyclic) bond motifs is 5. The first kappa shape index (κ1) is 15.7. The lowest BCUT2D eigenvalue weighted by Gasteiger charge is -2.30. The molecule has 1 fully saturated rings. The monoisotopic (exact) mass is 358 g/mol. The Balaban J connectivity index is 1.67. The molecule has 0 bridgehead atoms. The van der Waals surface area contributed by atoms with Crippen LogP contribution in [0.3, 0.4) is 0 Å². The lowest BCUT2D eigenvalue weighted by atomic mass is 9.94. The number of ether oxygens (including phenoxy) is 1. The molecule has 25 heavy (non-hydrogen) atoms. The van der Waals surface area contributed by atoms with Gasteiger partial charge in [-0.3, -0.25) is 0 Å². The van der Waals surface area contributed by atoms with Crippen molar-refractivity contribution in [2.75, 3.05) is 13.1 Å². The summed E-state index contributed by atoms with van der Waals surface area (Å²) in [5.74, 6) is 1.86. The Hall–Kier alpha value is -1.57. The zero-order valence-corrected chi connectivity index (χ0v) is 15.9. The molecule has 0 spiro atoms. The van der Waals surface area contributed by atoms with E-state index in [0.717, 1.165) is 35.1 Å². The van der Waals surface area contributed by atoms with Crippen molar-refractivity contribution in [2.45, 2.75) is 58.8 Å². The number of nitrogens with zero attached hydrogens (tertiary/aromatic N) is 4. The van der Waals surface area contributed by atoms with Crippen molar-refractivity contribution in [2.24, 2.45) is 0 Å². The Morgan fingerprint density at radius 1 is 1.24 bits per heavy atom. The molecule has 0 aliphatic carbocycles. The van der Waals surface area contributed by atoms with E-state index in [-0.39, 0.29) is 5.60 Å². The van der Waals surface area contributed by atoms with Gasteiger partial charge in [-0.2, -0.15) is 4.52 Å². The molecule has 0 radical (unpaired) electrons. The average molecular weight is 358 g/mol. The molecule has 7 heteroatoms. The van der Waals surface area contributed by atoms with Crippen LogP contribution in [0.5, 0.6) is 0 Å². The van der Waals surface area contributed by atoms with E-state index in [4.69, 9.17) is 19.8 Å². The lowest BCUT2D eigenvalue weighted by molar-refractivity contribution is -0.902. The molecular weight excluding hydrogens is 334 g/mol. The summed E-state index contributed by atoms with van der Waals surface area (Å²) in [4.78, 5) is 13.7. The van der Waals surface area contributed by atoms with Crippen LogP contribution in [0.25, 0.3) is 15.9 Å². The molecule has 0 saturated carbocycles.